The molecule has 0 bridgehead atoms. The first-order chi connectivity index (χ1) is 9.04. The van der Waals surface area contributed by atoms with Crippen molar-refractivity contribution in [3.63, 3.8) is 0 Å². The lowest BCUT2D eigenvalue weighted by Crippen LogP contribution is -2.45. The van der Waals surface area contributed by atoms with Gasteiger partial charge in [-0.05, 0) is 18.6 Å². The van der Waals surface area contributed by atoms with Crippen LogP contribution in [0.4, 0.5) is 4.79 Å². The van der Waals surface area contributed by atoms with Crippen LogP contribution in [0, 0.1) is 19.3 Å². The second kappa shape index (κ2) is 7.01. The highest BCUT2D eigenvalue weighted by Crippen LogP contribution is 2.02. The number of carboxylic acids is 1. The monoisotopic (exact) mass is 261 g/mol. The third-order valence-corrected chi connectivity index (χ3v) is 2.46. The number of hydrogen-bond acceptors (Lipinski definition) is 3. The first kappa shape index (κ1) is 14.5. The predicted molar refractivity (Wildman–Crippen MR) is 69.2 cm³/mol. The number of aliphatic carboxylic acids is 1. The van der Waals surface area contributed by atoms with Crippen LogP contribution in [0.25, 0.3) is 0 Å². The highest BCUT2D eigenvalue weighted by atomic mass is 16.4. The van der Waals surface area contributed by atoms with E-state index in [2.05, 4.69) is 21.5 Å². The van der Waals surface area contributed by atoms with E-state index < -0.39 is 18.0 Å². The summed E-state index contributed by atoms with van der Waals surface area (Å²) in [6.07, 6.45) is 6.59. The van der Waals surface area contributed by atoms with Gasteiger partial charge in [0.1, 0.15) is 6.04 Å². The van der Waals surface area contributed by atoms with Gasteiger partial charge in [-0.2, -0.15) is 0 Å². The molecule has 1 rings (SSSR count). The molecule has 19 heavy (non-hydrogen) atoms. The first-order valence-corrected chi connectivity index (χ1v) is 5.65. The smallest absolute Gasteiger partial charge is 0.327 e. The fourth-order valence-electron chi connectivity index (χ4n) is 1.39. The number of urea groups is 1. The maximum absolute atomic E-state index is 11.5. The van der Waals surface area contributed by atoms with E-state index in [0.717, 1.165) is 11.3 Å². The van der Waals surface area contributed by atoms with Crippen molar-refractivity contribution < 1.29 is 14.7 Å². The van der Waals surface area contributed by atoms with Crippen LogP contribution in [0.5, 0.6) is 0 Å². The molecule has 1 aromatic heterocycles. The molecule has 0 aromatic carbocycles. The van der Waals surface area contributed by atoms with Crippen LogP contribution >= 0.6 is 0 Å². The maximum Gasteiger partial charge on any atom is 0.327 e. The number of hydrogen-bond donors (Lipinski definition) is 3. The molecule has 0 aliphatic heterocycles. The van der Waals surface area contributed by atoms with Crippen LogP contribution in [-0.2, 0) is 11.3 Å². The molecule has 1 atom stereocenters. The number of carbonyl (C=O) groups is 2. The summed E-state index contributed by atoms with van der Waals surface area (Å²) in [4.78, 5) is 26.4. The molecular weight excluding hydrogens is 246 g/mol. The van der Waals surface area contributed by atoms with Gasteiger partial charge in [0.15, 0.2) is 0 Å². The highest BCUT2D eigenvalue weighted by molar-refractivity contribution is 5.82. The maximum atomic E-state index is 11.5. The summed E-state index contributed by atoms with van der Waals surface area (Å²) in [6.45, 7) is 2.10. The molecule has 1 unspecified atom stereocenters. The molecule has 100 valence electrons. The number of carbonyl (C=O) groups excluding carboxylic acids is 1. The number of aromatic nitrogens is 1. The zero-order valence-corrected chi connectivity index (χ0v) is 10.5. The fourth-order valence-corrected chi connectivity index (χ4v) is 1.39. The Balaban J connectivity index is 2.50. The van der Waals surface area contributed by atoms with E-state index in [1.165, 1.54) is 0 Å². The highest BCUT2D eigenvalue weighted by Gasteiger charge is 2.18. The van der Waals surface area contributed by atoms with Crippen LogP contribution < -0.4 is 10.6 Å². The van der Waals surface area contributed by atoms with Gasteiger partial charge in [0.2, 0.25) is 0 Å². The second-order valence-corrected chi connectivity index (χ2v) is 3.89. The van der Waals surface area contributed by atoms with E-state index in [1.54, 1.807) is 12.3 Å². The lowest BCUT2D eigenvalue weighted by molar-refractivity contribution is -0.139. The number of terminal acetylenes is 1. The van der Waals surface area contributed by atoms with Gasteiger partial charge in [0.05, 0.1) is 12.2 Å². The molecule has 0 aliphatic rings. The van der Waals surface area contributed by atoms with Crippen molar-refractivity contribution >= 4 is 12.0 Å². The molecule has 0 aliphatic carbocycles. The third-order valence-electron chi connectivity index (χ3n) is 2.46. The van der Waals surface area contributed by atoms with Gasteiger partial charge in [0, 0.05) is 12.6 Å². The van der Waals surface area contributed by atoms with E-state index in [9.17, 15) is 9.59 Å². The standard InChI is InChI=1S/C13H15N3O3/c1-3-5-10(12(17)18)16-13(19)15-8-11-9(2)6-4-7-14-11/h1,4,6-7,10H,5,8H2,2H3,(H,17,18)(H2,15,16,19). The largest absolute Gasteiger partial charge is 0.480 e. The van der Waals surface area contributed by atoms with Crippen LogP contribution in [0.3, 0.4) is 0 Å². The summed E-state index contributed by atoms with van der Waals surface area (Å²) in [5.41, 5.74) is 1.67. The molecule has 0 radical (unpaired) electrons. The predicted octanol–water partition coefficient (Wildman–Crippen LogP) is 0.666. The van der Waals surface area contributed by atoms with Gasteiger partial charge in [-0.25, -0.2) is 9.59 Å². The summed E-state index contributed by atoms with van der Waals surface area (Å²) >= 11 is 0. The van der Waals surface area contributed by atoms with Crippen molar-refractivity contribution in [3.05, 3.63) is 29.6 Å². The minimum Gasteiger partial charge on any atom is -0.480 e. The zero-order valence-electron chi connectivity index (χ0n) is 10.5. The quantitative estimate of drug-likeness (QED) is 0.679. The Labute approximate surface area is 111 Å². The lowest BCUT2D eigenvalue weighted by atomic mass is 10.2. The number of pyridine rings is 1. The summed E-state index contributed by atoms with van der Waals surface area (Å²) in [5, 5.41) is 13.7. The molecule has 2 amide bonds. The molecule has 0 spiro atoms. The van der Waals surface area contributed by atoms with E-state index in [4.69, 9.17) is 11.5 Å². The third kappa shape index (κ3) is 4.68. The van der Waals surface area contributed by atoms with Gasteiger partial charge in [-0.1, -0.05) is 6.07 Å². The summed E-state index contributed by atoms with van der Waals surface area (Å²) in [7, 11) is 0. The molecule has 3 N–H and O–H groups in total. The zero-order chi connectivity index (χ0) is 14.3. The van der Waals surface area contributed by atoms with Crippen LogP contribution in [0.2, 0.25) is 0 Å². The normalized spacial score (nSPS) is 11.2. The Morgan fingerprint density at radius 2 is 2.32 bits per heavy atom. The Morgan fingerprint density at radius 1 is 1.58 bits per heavy atom. The number of aryl methyl sites for hydroxylation is 1. The van der Waals surface area contributed by atoms with E-state index >= 15 is 0 Å². The van der Waals surface area contributed by atoms with Gasteiger partial charge in [-0.3, -0.25) is 4.98 Å². The van der Waals surface area contributed by atoms with Crippen LogP contribution in [0.1, 0.15) is 17.7 Å². The van der Waals surface area contributed by atoms with E-state index in [-0.39, 0.29) is 13.0 Å². The van der Waals surface area contributed by atoms with Crippen molar-refractivity contribution in [2.24, 2.45) is 0 Å². The Kier molecular flexibility index (Phi) is 5.35. The number of carboxylic acid groups (broad SMARTS) is 1. The van der Waals surface area contributed by atoms with Gasteiger partial charge < -0.3 is 15.7 Å². The molecule has 1 aromatic rings. The molecule has 6 nitrogen and oxygen atoms in total. The molecular formula is C13H15N3O3. The average molecular weight is 261 g/mol. The van der Waals surface area contributed by atoms with Gasteiger partial charge in [-0.15, -0.1) is 12.3 Å². The second-order valence-electron chi connectivity index (χ2n) is 3.89. The van der Waals surface area contributed by atoms with Crippen molar-refractivity contribution in [2.45, 2.75) is 25.9 Å². The number of nitrogens with zero attached hydrogens (tertiary/aromatic N) is 1. The van der Waals surface area contributed by atoms with Gasteiger partial charge >= 0.3 is 12.0 Å². The number of nitrogens with one attached hydrogen (secondary N) is 2. The van der Waals surface area contributed by atoms with Crippen molar-refractivity contribution in [1.82, 2.24) is 15.6 Å². The van der Waals surface area contributed by atoms with E-state index in [0.29, 0.717) is 0 Å². The van der Waals surface area contributed by atoms with Gasteiger partial charge in [0.25, 0.3) is 0 Å². The van der Waals surface area contributed by atoms with Crippen LogP contribution in [-0.4, -0.2) is 28.1 Å². The van der Waals surface area contributed by atoms with Crippen molar-refractivity contribution in [2.75, 3.05) is 0 Å². The molecule has 0 fully saturated rings. The van der Waals surface area contributed by atoms with Crippen molar-refractivity contribution in [3.8, 4) is 12.3 Å². The summed E-state index contributed by atoms with van der Waals surface area (Å²) in [6, 6.07) is 1.99. The molecule has 0 saturated carbocycles. The minimum atomic E-state index is -1.16. The van der Waals surface area contributed by atoms with Crippen molar-refractivity contribution in [1.29, 1.82) is 0 Å². The Hall–Kier alpha value is -2.55. The molecule has 0 saturated heterocycles. The Bertz CT molecular complexity index is 508. The first-order valence-electron chi connectivity index (χ1n) is 5.65. The lowest BCUT2D eigenvalue weighted by Gasteiger charge is -2.13. The topological polar surface area (TPSA) is 91.3 Å². The van der Waals surface area contributed by atoms with Crippen LogP contribution in [0.15, 0.2) is 18.3 Å². The number of amides is 2. The summed E-state index contributed by atoms with van der Waals surface area (Å²) < 4.78 is 0. The SMILES string of the molecule is C#CCC(NC(=O)NCc1ncccc1C)C(=O)O. The molecule has 1 heterocycles. The summed E-state index contributed by atoms with van der Waals surface area (Å²) in [5.74, 6) is 1.04. The average Bonchev–Trinajstić information content (AvgIpc) is 2.37. The minimum absolute atomic E-state index is 0.0641. The number of rotatable bonds is 5. The fraction of sp³-hybridized carbons (Fsp3) is 0.308. The Morgan fingerprint density at radius 3 is 2.89 bits per heavy atom. The molecule has 6 heteroatoms. The van der Waals surface area contributed by atoms with E-state index in [1.807, 2.05) is 13.0 Å².